The van der Waals surface area contributed by atoms with Gasteiger partial charge in [0.05, 0.1) is 16.9 Å². The highest BCUT2D eigenvalue weighted by atomic mass is 19.4. The van der Waals surface area contributed by atoms with Crippen LogP contribution in [-0.4, -0.2) is 9.97 Å². The van der Waals surface area contributed by atoms with E-state index in [0.717, 1.165) is 6.20 Å². The Kier molecular flexibility index (Phi) is 3.09. The van der Waals surface area contributed by atoms with Crippen LogP contribution in [0.5, 0.6) is 0 Å². The second-order valence-electron chi connectivity index (χ2n) is 3.63. The molecule has 0 saturated heterocycles. The lowest BCUT2D eigenvalue weighted by Gasteiger charge is -2.12. The summed E-state index contributed by atoms with van der Waals surface area (Å²) in [7, 11) is 0. The third-order valence-corrected chi connectivity index (χ3v) is 2.44. The third-order valence-electron chi connectivity index (χ3n) is 2.44. The molecule has 2 heterocycles. The van der Waals surface area contributed by atoms with Gasteiger partial charge in [0.15, 0.2) is 5.69 Å². The van der Waals surface area contributed by atoms with Gasteiger partial charge in [0.1, 0.15) is 6.07 Å². The Labute approximate surface area is 106 Å². The fraction of sp³-hybridized carbons (Fsp3) is 0.0833. The molecule has 0 aliphatic rings. The van der Waals surface area contributed by atoms with Gasteiger partial charge in [0.2, 0.25) is 0 Å². The van der Waals surface area contributed by atoms with E-state index in [2.05, 4.69) is 9.97 Å². The van der Waals surface area contributed by atoms with Gasteiger partial charge in [-0.05, 0) is 18.2 Å². The summed E-state index contributed by atoms with van der Waals surface area (Å²) in [6.45, 7) is 0. The number of pyridine rings is 2. The molecule has 0 radical (unpaired) electrons. The lowest BCUT2D eigenvalue weighted by molar-refractivity contribution is -0.140. The fourth-order valence-corrected chi connectivity index (χ4v) is 1.61. The number of nitrogen functional groups attached to an aromatic ring is 1. The molecule has 0 aromatic carbocycles. The van der Waals surface area contributed by atoms with Gasteiger partial charge in [-0.1, -0.05) is 0 Å². The van der Waals surface area contributed by atoms with Crippen molar-refractivity contribution in [2.45, 2.75) is 6.18 Å². The summed E-state index contributed by atoms with van der Waals surface area (Å²) in [4.78, 5) is 7.13. The first-order valence-corrected chi connectivity index (χ1v) is 5.12. The monoisotopic (exact) mass is 264 g/mol. The highest BCUT2D eigenvalue weighted by molar-refractivity contribution is 5.78. The fourth-order valence-electron chi connectivity index (χ4n) is 1.61. The third kappa shape index (κ3) is 2.33. The second-order valence-corrected chi connectivity index (χ2v) is 3.63. The summed E-state index contributed by atoms with van der Waals surface area (Å²) in [5.41, 5.74) is 4.21. The van der Waals surface area contributed by atoms with Crippen LogP contribution in [0.25, 0.3) is 11.3 Å². The molecule has 0 saturated carbocycles. The summed E-state index contributed by atoms with van der Waals surface area (Å²) in [5, 5.41) is 8.82. The first-order chi connectivity index (χ1) is 8.95. The maximum atomic E-state index is 12.9. The van der Waals surface area contributed by atoms with E-state index < -0.39 is 11.9 Å². The van der Waals surface area contributed by atoms with Crippen LogP contribution >= 0.6 is 0 Å². The quantitative estimate of drug-likeness (QED) is 0.859. The number of nitrogens with two attached hydrogens (primary N) is 1. The van der Waals surface area contributed by atoms with Gasteiger partial charge in [-0.15, -0.1) is 0 Å². The number of alkyl halides is 3. The predicted molar refractivity (Wildman–Crippen MR) is 61.6 cm³/mol. The molecule has 0 aliphatic carbocycles. The number of rotatable bonds is 1. The number of nitrogens with zero attached hydrogens (tertiary/aromatic N) is 3. The first-order valence-electron chi connectivity index (χ1n) is 5.12. The molecule has 4 nitrogen and oxygen atoms in total. The van der Waals surface area contributed by atoms with E-state index in [4.69, 9.17) is 11.0 Å². The van der Waals surface area contributed by atoms with Crippen LogP contribution in [0.2, 0.25) is 0 Å². The second kappa shape index (κ2) is 4.57. The first kappa shape index (κ1) is 12.8. The van der Waals surface area contributed by atoms with E-state index in [9.17, 15) is 13.2 Å². The number of anilines is 1. The summed E-state index contributed by atoms with van der Waals surface area (Å²) >= 11 is 0. The maximum Gasteiger partial charge on any atom is 0.434 e. The minimum Gasteiger partial charge on any atom is -0.396 e. The van der Waals surface area contributed by atoms with Gasteiger partial charge in [-0.2, -0.15) is 18.4 Å². The Morgan fingerprint density at radius 2 is 1.89 bits per heavy atom. The van der Waals surface area contributed by atoms with Crippen molar-refractivity contribution in [3.63, 3.8) is 0 Å². The summed E-state index contributed by atoms with van der Waals surface area (Å²) < 4.78 is 38.6. The van der Waals surface area contributed by atoms with Crippen molar-refractivity contribution in [2.24, 2.45) is 0 Å². The largest absolute Gasteiger partial charge is 0.434 e. The molecule has 7 heteroatoms. The average Bonchev–Trinajstić information content (AvgIpc) is 2.38. The van der Waals surface area contributed by atoms with Crippen LogP contribution in [0.15, 0.2) is 30.6 Å². The van der Waals surface area contributed by atoms with Crippen LogP contribution < -0.4 is 5.73 Å². The highest BCUT2D eigenvalue weighted by Gasteiger charge is 2.36. The summed E-state index contributed by atoms with van der Waals surface area (Å²) in [6, 6.07) is 5.70. The van der Waals surface area contributed by atoms with Crippen LogP contribution in [0.1, 0.15) is 11.3 Å². The zero-order chi connectivity index (χ0) is 14.0. The number of hydrogen-bond donors (Lipinski definition) is 1. The zero-order valence-corrected chi connectivity index (χ0v) is 9.44. The van der Waals surface area contributed by atoms with Crippen LogP contribution in [0.4, 0.5) is 18.9 Å². The van der Waals surface area contributed by atoms with E-state index >= 15 is 0 Å². The molecule has 2 aromatic heterocycles. The summed E-state index contributed by atoms with van der Waals surface area (Å²) in [5.74, 6) is 0. The van der Waals surface area contributed by atoms with Gasteiger partial charge in [0.25, 0.3) is 0 Å². The van der Waals surface area contributed by atoms with Crippen molar-refractivity contribution in [1.29, 1.82) is 5.26 Å². The number of halogens is 3. The topological polar surface area (TPSA) is 75.6 Å². The molecule has 0 unspecified atom stereocenters. The minimum atomic E-state index is -4.62. The van der Waals surface area contributed by atoms with Gasteiger partial charge < -0.3 is 5.73 Å². The van der Waals surface area contributed by atoms with E-state index in [1.165, 1.54) is 24.4 Å². The molecule has 0 atom stereocenters. The standard InChI is InChI=1S/C12H7F3N4/c13-12(14,15)11-8(2-1-4-19-11)10-9(17)7(6-16)3-5-18-10/h1-5H,17H2. The summed E-state index contributed by atoms with van der Waals surface area (Å²) in [6.07, 6.45) is -2.35. The lowest BCUT2D eigenvalue weighted by atomic mass is 10.1. The van der Waals surface area contributed by atoms with Crippen molar-refractivity contribution in [1.82, 2.24) is 9.97 Å². The Morgan fingerprint density at radius 1 is 1.16 bits per heavy atom. The lowest BCUT2D eigenvalue weighted by Crippen LogP contribution is -2.11. The Morgan fingerprint density at radius 3 is 2.53 bits per heavy atom. The molecule has 2 N–H and O–H groups in total. The number of hydrogen-bond acceptors (Lipinski definition) is 4. The SMILES string of the molecule is N#Cc1ccnc(-c2cccnc2C(F)(F)F)c1N. The van der Waals surface area contributed by atoms with Crippen LogP contribution in [0, 0.1) is 11.3 Å². The normalized spacial score (nSPS) is 11.1. The maximum absolute atomic E-state index is 12.9. The Hall–Kier alpha value is -2.62. The molecule has 0 aliphatic heterocycles. The van der Waals surface area contributed by atoms with Gasteiger partial charge in [0, 0.05) is 18.0 Å². The smallest absolute Gasteiger partial charge is 0.396 e. The zero-order valence-electron chi connectivity index (χ0n) is 9.44. The van der Waals surface area contributed by atoms with Crippen molar-refractivity contribution in [3.8, 4) is 17.3 Å². The molecule has 0 spiro atoms. The molecule has 2 rings (SSSR count). The van der Waals surface area contributed by atoms with Gasteiger partial charge in [-0.25, -0.2) is 0 Å². The number of nitriles is 1. The highest BCUT2D eigenvalue weighted by Crippen LogP contribution is 2.36. The molecular formula is C12H7F3N4. The van der Waals surface area contributed by atoms with Crippen molar-refractivity contribution < 1.29 is 13.2 Å². The number of aromatic nitrogens is 2. The van der Waals surface area contributed by atoms with Crippen molar-refractivity contribution >= 4 is 5.69 Å². The Balaban J connectivity index is 2.71. The molecule has 0 bridgehead atoms. The van der Waals surface area contributed by atoms with E-state index in [-0.39, 0.29) is 22.5 Å². The van der Waals surface area contributed by atoms with Crippen molar-refractivity contribution in [2.75, 3.05) is 5.73 Å². The molecule has 19 heavy (non-hydrogen) atoms. The Bertz CT molecular complexity index is 659. The molecule has 0 fully saturated rings. The van der Waals surface area contributed by atoms with E-state index in [0.29, 0.717) is 0 Å². The van der Waals surface area contributed by atoms with Crippen LogP contribution in [0.3, 0.4) is 0 Å². The van der Waals surface area contributed by atoms with E-state index in [1.54, 1.807) is 6.07 Å². The average molecular weight is 264 g/mol. The molecule has 0 amide bonds. The van der Waals surface area contributed by atoms with E-state index in [1.807, 2.05) is 0 Å². The van der Waals surface area contributed by atoms with Gasteiger partial charge >= 0.3 is 6.18 Å². The molecule has 2 aromatic rings. The van der Waals surface area contributed by atoms with Crippen LogP contribution in [-0.2, 0) is 6.18 Å². The van der Waals surface area contributed by atoms with Crippen molar-refractivity contribution in [3.05, 3.63) is 41.9 Å². The molecular weight excluding hydrogens is 257 g/mol. The predicted octanol–water partition coefficient (Wildman–Crippen LogP) is 2.62. The minimum absolute atomic E-state index is 0.0713. The molecule has 96 valence electrons. The van der Waals surface area contributed by atoms with Gasteiger partial charge in [-0.3, -0.25) is 9.97 Å².